The summed E-state index contributed by atoms with van der Waals surface area (Å²) in [6, 6.07) is 13.0. The highest BCUT2D eigenvalue weighted by Crippen LogP contribution is 2.31. The molecule has 0 saturated heterocycles. The average Bonchev–Trinajstić information content (AvgIpc) is 2.83. The van der Waals surface area contributed by atoms with Gasteiger partial charge in [0.25, 0.3) is 0 Å². The highest BCUT2D eigenvalue weighted by molar-refractivity contribution is 5.52. The Kier molecular flexibility index (Phi) is 3.11. The third-order valence-electron chi connectivity index (χ3n) is 3.73. The van der Waals surface area contributed by atoms with Gasteiger partial charge < -0.3 is 10.2 Å². The molecule has 1 unspecified atom stereocenters. The normalized spacial score (nSPS) is 16.8. The molecule has 1 N–H and O–H groups in total. The summed E-state index contributed by atoms with van der Waals surface area (Å²) in [4.78, 5) is 6.50. The molecule has 0 spiro atoms. The lowest BCUT2D eigenvalue weighted by Gasteiger charge is -2.14. The molecule has 0 radical (unpaired) electrons. The monoisotopic (exact) mass is 253 g/mol. The predicted molar refractivity (Wildman–Crippen MR) is 79.9 cm³/mol. The molecule has 1 aliphatic rings. The van der Waals surface area contributed by atoms with E-state index in [-0.39, 0.29) is 0 Å². The zero-order valence-electron chi connectivity index (χ0n) is 11.4. The zero-order chi connectivity index (χ0) is 13.2. The smallest absolute Gasteiger partial charge is 0.129 e. The molecule has 2 aromatic rings. The van der Waals surface area contributed by atoms with E-state index >= 15 is 0 Å². The van der Waals surface area contributed by atoms with Gasteiger partial charge in [-0.15, -0.1) is 0 Å². The number of nitrogens with one attached hydrogen (secondary N) is 1. The van der Waals surface area contributed by atoms with Crippen molar-refractivity contribution in [2.24, 2.45) is 0 Å². The summed E-state index contributed by atoms with van der Waals surface area (Å²) in [7, 11) is 4.13. The zero-order valence-corrected chi connectivity index (χ0v) is 11.4. The van der Waals surface area contributed by atoms with Crippen molar-refractivity contribution in [1.29, 1.82) is 0 Å². The molecule has 3 rings (SSSR count). The standard InChI is InChI=1S/C16H19N3/c1-19(2)14-7-5-12(6-8-14)10-13-11-18-16-15(13)4-3-9-17-16/h3-9,13H,10-11H2,1-2H3,(H,17,18). The van der Waals surface area contributed by atoms with Gasteiger partial charge in [-0.25, -0.2) is 4.98 Å². The molecule has 19 heavy (non-hydrogen) atoms. The van der Waals surface area contributed by atoms with Crippen molar-refractivity contribution in [3.63, 3.8) is 0 Å². The molecule has 1 aromatic heterocycles. The minimum atomic E-state index is 0.536. The number of aromatic nitrogens is 1. The van der Waals surface area contributed by atoms with E-state index in [0.29, 0.717) is 5.92 Å². The molecule has 1 aromatic carbocycles. The van der Waals surface area contributed by atoms with Gasteiger partial charge >= 0.3 is 0 Å². The van der Waals surface area contributed by atoms with Crippen LogP contribution in [-0.2, 0) is 6.42 Å². The van der Waals surface area contributed by atoms with Crippen LogP contribution in [0.5, 0.6) is 0 Å². The Morgan fingerprint density at radius 2 is 2.00 bits per heavy atom. The first-order valence-electron chi connectivity index (χ1n) is 6.69. The van der Waals surface area contributed by atoms with Crippen molar-refractivity contribution < 1.29 is 0 Å². The number of benzene rings is 1. The summed E-state index contributed by atoms with van der Waals surface area (Å²) in [6.07, 6.45) is 2.92. The van der Waals surface area contributed by atoms with Crippen LogP contribution in [0.2, 0.25) is 0 Å². The van der Waals surface area contributed by atoms with Crippen LogP contribution >= 0.6 is 0 Å². The van der Waals surface area contributed by atoms with Crippen molar-refractivity contribution in [3.05, 3.63) is 53.7 Å². The second-order valence-corrected chi connectivity index (χ2v) is 5.28. The summed E-state index contributed by atoms with van der Waals surface area (Å²) in [5, 5.41) is 3.38. The van der Waals surface area contributed by atoms with Gasteiger partial charge in [-0.1, -0.05) is 18.2 Å². The molecule has 3 nitrogen and oxygen atoms in total. The van der Waals surface area contributed by atoms with Gasteiger partial charge in [0.15, 0.2) is 0 Å². The summed E-state index contributed by atoms with van der Waals surface area (Å²) < 4.78 is 0. The van der Waals surface area contributed by atoms with Crippen molar-refractivity contribution in [3.8, 4) is 0 Å². The minimum Gasteiger partial charge on any atom is -0.378 e. The number of rotatable bonds is 3. The predicted octanol–water partition coefficient (Wildman–Crippen LogP) is 2.90. The van der Waals surface area contributed by atoms with Gasteiger partial charge in [-0.3, -0.25) is 0 Å². The average molecular weight is 253 g/mol. The SMILES string of the molecule is CN(C)c1ccc(CC2CNc3ncccc32)cc1. The minimum absolute atomic E-state index is 0.536. The Morgan fingerprint density at radius 1 is 1.21 bits per heavy atom. The number of nitrogens with zero attached hydrogens (tertiary/aromatic N) is 2. The Hall–Kier alpha value is -2.03. The van der Waals surface area contributed by atoms with Crippen molar-refractivity contribution in [1.82, 2.24) is 4.98 Å². The molecule has 98 valence electrons. The second kappa shape index (κ2) is 4.92. The molecule has 0 fully saturated rings. The van der Waals surface area contributed by atoms with Gasteiger partial charge in [0, 0.05) is 38.4 Å². The highest BCUT2D eigenvalue weighted by Gasteiger charge is 2.22. The van der Waals surface area contributed by atoms with Crippen LogP contribution in [0, 0.1) is 0 Å². The number of pyridine rings is 1. The first-order chi connectivity index (χ1) is 9.24. The molecule has 0 aliphatic carbocycles. The van der Waals surface area contributed by atoms with Crippen LogP contribution in [0.1, 0.15) is 17.0 Å². The molecular formula is C16H19N3. The first-order valence-corrected chi connectivity index (χ1v) is 6.69. The lowest BCUT2D eigenvalue weighted by Crippen LogP contribution is -2.09. The fourth-order valence-corrected chi connectivity index (χ4v) is 2.62. The maximum atomic E-state index is 4.37. The van der Waals surface area contributed by atoms with E-state index in [1.807, 2.05) is 12.3 Å². The van der Waals surface area contributed by atoms with Gasteiger partial charge in [0.1, 0.15) is 5.82 Å². The Balaban J connectivity index is 1.76. The third kappa shape index (κ3) is 2.41. The van der Waals surface area contributed by atoms with Crippen LogP contribution in [0.4, 0.5) is 11.5 Å². The van der Waals surface area contributed by atoms with E-state index in [9.17, 15) is 0 Å². The van der Waals surface area contributed by atoms with Crippen molar-refractivity contribution in [2.45, 2.75) is 12.3 Å². The van der Waals surface area contributed by atoms with E-state index in [1.54, 1.807) is 0 Å². The second-order valence-electron chi connectivity index (χ2n) is 5.28. The van der Waals surface area contributed by atoms with Crippen LogP contribution in [0.15, 0.2) is 42.6 Å². The van der Waals surface area contributed by atoms with Crippen LogP contribution in [-0.4, -0.2) is 25.6 Å². The number of hydrogen-bond acceptors (Lipinski definition) is 3. The lowest BCUT2D eigenvalue weighted by molar-refractivity contribution is 0.752. The molecule has 0 saturated carbocycles. The number of anilines is 2. The molecular weight excluding hydrogens is 234 g/mol. The van der Waals surface area contributed by atoms with E-state index in [1.165, 1.54) is 16.8 Å². The molecule has 0 bridgehead atoms. The third-order valence-corrected chi connectivity index (χ3v) is 3.73. The van der Waals surface area contributed by atoms with Crippen LogP contribution < -0.4 is 10.2 Å². The fraction of sp³-hybridized carbons (Fsp3) is 0.312. The van der Waals surface area contributed by atoms with Crippen LogP contribution in [0.3, 0.4) is 0 Å². The van der Waals surface area contributed by atoms with Gasteiger partial charge in [-0.05, 0) is 35.7 Å². The lowest BCUT2D eigenvalue weighted by atomic mass is 9.95. The fourth-order valence-electron chi connectivity index (χ4n) is 2.62. The maximum Gasteiger partial charge on any atom is 0.129 e. The van der Waals surface area contributed by atoms with Crippen molar-refractivity contribution >= 4 is 11.5 Å². The largest absolute Gasteiger partial charge is 0.378 e. The van der Waals surface area contributed by atoms with E-state index in [2.05, 4.69) is 59.6 Å². The summed E-state index contributed by atoms with van der Waals surface area (Å²) >= 11 is 0. The topological polar surface area (TPSA) is 28.2 Å². The van der Waals surface area contributed by atoms with E-state index in [4.69, 9.17) is 0 Å². The van der Waals surface area contributed by atoms with E-state index in [0.717, 1.165) is 18.8 Å². The number of hydrogen-bond donors (Lipinski definition) is 1. The van der Waals surface area contributed by atoms with E-state index < -0.39 is 0 Å². The Labute approximate surface area is 114 Å². The van der Waals surface area contributed by atoms with Gasteiger partial charge in [0.05, 0.1) is 0 Å². The van der Waals surface area contributed by atoms with Crippen LogP contribution in [0.25, 0.3) is 0 Å². The summed E-state index contributed by atoms with van der Waals surface area (Å²) in [6.45, 7) is 0.988. The first kappa shape index (κ1) is 12.0. The number of fused-ring (bicyclic) bond motifs is 1. The van der Waals surface area contributed by atoms with Gasteiger partial charge in [-0.2, -0.15) is 0 Å². The van der Waals surface area contributed by atoms with Gasteiger partial charge in [0.2, 0.25) is 0 Å². The summed E-state index contributed by atoms with van der Waals surface area (Å²) in [5.74, 6) is 1.59. The molecule has 0 amide bonds. The summed E-state index contributed by atoms with van der Waals surface area (Å²) in [5.41, 5.74) is 3.98. The highest BCUT2D eigenvalue weighted by atomic mass is 15.1. The van der Waals surface area contributed by atoms with Crippen molar-refractivity contribution in [2.75, 3.05) is 30.9 Å². The Morgan fingerprint density at radius 3 is 2.74 bits per heavy atom. The maximum absolute atomic E-state index is 4.37. The molecule has 1 atom stereocenters. The Bertz CT molecular complexity index is 560. The molecule has 1 aliphatic heterocycles. The molecule has 3 heteroatoms. The molecule has 2 heterocycles. The quantitative estimate of drug-likeness (QED) is 0.911.